The average Bonchev–Trinajstić information content (AvgIpc) is 2.27. The minimum absolute atomic E-state index is 0.0186. The normalized spacial score (nSPS) is 10.5. The number of fused-ring (bicyclic) bond motifs is 1. The van der Waals surface area contributed by atoms with Gasteiger partial charge in [-0.1, -0.05) is 6.07 Å². The SMILES string of the molecule is Cc1ccc2cc(C(=O)CCl)ccc2n1. The highest BCUT2D eigenvalue weighted by molar-refractivity contribution is 6.30. The molecule has 0 aliphatic carbocycles. The van der Waals surface area contributed by atoms with Crippen LogP contribution in [0.5, 0.6) is 0 Å². The average molecular weight is 220 g/mol. The van der Waals surface area contributed by atoms with E-state index in [1.165, 1.54) is 0 Å². The molecule has 0 saturated heterocycles. The number of alkyl halides is 1. The minimum atomic E-state index is -0.0564. The minimum Gasteiger partial charge on any atom is -0.293 e. The summed E-state index contributed by atoms with van der Waals surface area (Å²) in [4.78, 5) is 15.7. The van der Waals surface area contributed by atoms with E-state index < -0.39 is 0 Å². The van der Waals surface area contributed by atoms with Crippen molar-refractivity contribution in [3.05, 3.63) is 41.6 Å². The van der Waals surface area contributed by atoms with Gasteiger partial charge in [0.05, 0.1) is 11.4 Å². The second-order valence-electron chi connectivity index (χ2n) is 3.42. The molecule has 0 N–H and O–H groups in total. The molecule has 3 heteroatoms. The van der Waals surface area contributed by atoms with E-state index in [0.717, 1.165) is 16.6 Å². The third kappa shape index (κ3) is 2.00. The Morgan fingerprint density at radius 2 is 2.13 bits per heavy atom. The zero-order chi connectivity index (χ0) is 10.8. The van der Waals surface area contributed by atoms with E-state index in [0.29, 0.717) is 5.56 Å². The number of benzene rings is 1. The molecule has 1 heterocycles. The predicted molar refractivity (Wildman–Crippen MR) is 61.5 cm³/mol. The van der Waals surface area contributed by atoms with E-state index in [1.807, 2.05) is 31.2 Å². The first-order chi connectivity index (χ1) is 7.20. The number of carbonyl (C=O) groups is 1. The summed E-state index contributed by atoms with van der Waals surface area (Å²) >= 11 is 5.50. The van der Waals surface area contributed by atoms with Crippen molar-refractivity contribution < 1.29 is 4.79 Å². The van der Waals surface area contributed by atoms with E-state index in [4.69, 9.17) is 11.6 Å². The molecule has 0 fully saturated rings. The first kappa shape index (κ1) is 10.1. The first-order valence-electron chi connectivity index (χ1n) is 4.67. The molecule has 1 aromatic carbocycles. The molecule has 1 aromatic heterocycles. The maximum absolute atomic E-state index is 11.4. The fourth-order valence-electron chi connectivity index (χ4n) is 1.48. The van der Waals surface area contributed by atoms with Crippen LogP contribution in [0.3, 0.4) is 0 Å². The maximum Gasteiger partial charge on any atom is 0.177 e. The smallest absolute Gasteiger partial charge is 0.177 e. The summed E-state index contributed by atoms with van der Waals surface area (Å²) in [7, 11) is 0. The van der Waals surface area contributed by atoms with Gasteiger partial charge in [-0.15, -0.1) is 11.6 Å². The summed E-state index contributed by atoms with van der Waals surface area (Å²) in [6.45, 7) is 1.94. The van der Waals surface area contributed by atoms with Gasteiger partial charge < -0.3 is 0 Å². The number of carbonyl (C=O) groups excluding carboxylic acids is 1. The lowest BCUT2D eigenvalue weighted by molar-refractivity contribution is 0.102. The molecular formula is C12H10ClNO. The zero-order valence-corrected chi connectivity index (χ0v) is 9.08. The largest absolute Gasteiger partial charge is 0.293 e. The zero-order valence-electron chi connectivity index (χ0n) is 8.33. The van der Waals surface area contributed by atoms with Crippen LogP contribution in [0.25, 0.3) is 10.9 Å². The lowest BCUT2D eigenvalue weighted by Gasteiger charge is -2.01. The van der Waals surface area contributed by atoms with Crippen LogP contribution in [0.4, 0.5) is 0 Å². The summed E-state index contributed by atoms with van der Waals surface area (Å²) in [6, 6.07) is 9.33. The molecule has 76 valence electrons. The molecule has 0 radical (unpaired) electrons. The second kappa shape index (κ2) is 3.99. The van der Waals surface area contributed by atoms with Gasteiger partial charge in [0.25, 0.3) is 0 Å². The second-order valence-corrected chi connectivity index (χ2v) is 3.68. The molecule has 0 spiro atoms. The number of pyridine rings is 1. The van der Waals surface area contributed by atoms with Gasteiger partial charge in [-0.2, -0.15) is 0 Å². The Balaban J connectivity index is 2.57. The highest BCUT2D eigenvalue weighted by Gasteiger charge is 2.05. The molecule has 0 aliphatic heterocycles. The van der Waals surface area contributed by atoms with Crippen molar-refractivity contribution in [1.29, 1.82) is 0 Å². The number of aryl methyl sites for hydroxylation is 1. The van der Waals surface area contributed by atoms with E-state index >= 15 is 0 Å². The molecular weight excluding hydrogens is 210 g/mol. The predicted octanol–water partition coefficient (Wildman–Crippen LogP) is 2.96. The number of nitrogens with zero attached hydrogens (tertiary/aromatic N) is 1. The molecule has 2 nitrogen and oxygen atoms in total. The van der Waals surface area contributed by atoms with Crippen molar-refractivity contribution in [1.82, 2.24) is 4.98 Å². The van der Waals surface area contributed by atoms with Crippen molar-refractivity contribution in [2.75, 3.05) is 5.88 Å². The van der Waals surface area contributed by atoms with Gasteiger partial charge in [0.1, 0.15) is 0 Å². The highest BCUT2D eigenvalue weighted by atomic mass is 35.5. The van der Waals surface area contributed by atoms with E-state index in [-0.39, 0.29) is 11.7 Å². The lowest BCUT2D eigenvalue weighted by atomic mass is 10.1. The van der Waals surface area contributed by atoms with Crippen LogP contribution < -0.4 is 0 Å². The van der Waals surface area contributed by atoms with Crippen molar-refractivity contribution in [3.63, 3.8) is 0 Å². The molecule has 2 aromatic rings. The van der Waals surface area contributed by atoms with Gasteiger partial charge in [0.2, 0.25) is 0 Å². The summed E-state index contributed by atoms with van der Waals surface area (Å²) in [5.74, 6) is -0.0377. The van der Waals surface area contributed by atoms with E-state index in [1.54, 1.807) is 6.07 Å². The molecule has 0 unspecified atom stereocenters. The van der Waals surface area contributed by atoms with E-state index in [9.17, 15) is 4.79 Å². The summed E-state index contributed by atoms with van der Waals surface area (Å²) in [6.07, 6.45) is 0. The fraction of sp³-hybridized carbons (Fsp3) is 0.167. The van der Waals surface area contributed by atoms with Gasteiger partial charge in [0.15, 0.2) is 5.78 Å². The summed E-state index contributed by atoms with van der Waals surface area (Å²) in [5.41, 5.74) is 2.52. The van der Waals surface area contributed by atoms with Crippen molar-refractivity contribution in [3.8, 4) is 0 Å². The van der Waals surface area contributed by atoms with Crippen LogP contribution in [0, 0.1) is 6.92 Å². The van der Waals surface area contributed by atoms with Gasteiger partial charge >= 0.3 is 0 Å². The lowest BCUT2D eigenvalue weighted by Crippen LogP contribution is -1.99. The van der Waals surface area contributed by atoms with Crippen LogP contribution in [0.15, 0.2) is 30.3 Å². The number of Topliss-reactive ketones (excluding diaryl/α,β-unsaturated/α-hetero) is 1. The molecule has 15 heavy (non-hydrogen) atoms. The Labute approximate surface area is 92.9 Å². The Morgan fingerprint density at radius 1 is 1.33 bits per heavy atom. The number of halogens is 1. The number of ketones is 1. The summed E-state index contributed by atoms with van der Waals surface area (Å²) < 4.78 is 0. The number of rotatable bonds is 2. The maximum atomic E-state index is 11.4. The molecule has 0 saturated carbocycles. The third-order valence-electron chi connectivity index (χ3n) is 2.27. The van der Waals surface area contributed by atoms with Gasteiger partial charge in [-0.3, -0.25) is 9.78 Å². The van der Waals surface area contributed by atoms with Crippen molar-refractivity contribution >= 4 is 28.3 Å². The Kier molecular flexibility index (Phi) is 2.69. The molecule has 0 atom stereocenters. The Bertz CT molecular complexity index is 522. The monoisotopic (exact) mass is 219 g/mol. The topological polar surface area (TPSA) is 30.0 Å². The number of hydrogen-bond donors (Lipinski definition) is 0. The van der Waals surface area contributed by atoms with Crippen LogP contribution in [0.2, 0.25) is 0 Å². The van der Waals surface area contributed by atoms with Crippen LogP contribution >= 0.6 is 11.6 Å². The van der Waals surface area contributed by atoms with Crippen molar-refractivity contribution in [2.45, 2.75) is 6.92 Å². The van der Waals surface area contributed by atoms with Crippen LogP contribution in [0.1, 0.15) is 16.1 Å². The fourth-order valence-corrected chi connectivity index (χ4v) is 1.63. The number of aromatic nitrogens is 1. The molecule has 0 amide bonds. The summed E-state index contributed by atoms with van der Waals surface area (Å²) in [5, 5.41) is 0.969. The van der Waals surface area contributed by atoms with Gasteiger partial charge in [-0.05, 0) is 31.2 Å². The Morgan fingerprint density at radius 3 is 2.87 bits per heavy atom. The quantitative estimate of drug-likeness (QED) is 0.574. The first-order valence-corrected chi connectivity index (χ1v) is 5.21. The van der Waals surface area contributed by atoms with Gasteiger partial charge in [-0.25, -0.2) is 0 Å². The number of hydrogen-bond acceptors (Lipinski definition) is 2. The third-order valence-corrected chi connectivity index (χ3v) is 2.51. The van der Waals surface area contributed by atoms with Gasteiger partial charge in [0, 0.05) is 16.6 Å². The molecule has 0 aliphatic rings. The van der Waals surface area contributed by atoms with E-state index in [2.05, 4.69) is 4.98 Å². The standard InChI is InChI=1S/C12H10ClNO/c1-8-2-3-9-6-10(12(15)7-13)4-5-11(9)14-8/h2-6H,7H2,1H3. The highest BCUT2D eigenvalue weighted by Crippen LogP contribution is 2.15. The molecule has 2 rings (SSSR count). The molecule has 0 bridgehead atoms. The van der Waals surface area contributed by atoms with Crippen LogP contribution in [-0.4, -0.2) is 16.6 Å². The van der Waals surface area contributed by atoms with Crippen molar-refractivity contribution in [2.24, 2.45) is 0 Å². The Hall–Kier alpha value is -1.41. The van der Waals surface area contributed by atoms with Crippen LogP contribution in [-0.2, 0) is 0 Å².